The number of hydrogen-bond acceptors (Lipinski definition) is 1. The fraction of sp³-hybridized carbons (Fsp3) is 0. The van der Waals surface area contributed by atoms with E-state index in [-0.39, 0.29) is 29.6 Å². The van der Waals surface area contributed by atoms with Gasteiger partial charge in [-0.25, -0.2) is 0 Å². The first-order valence-electron chi connectivity index (χ1n) is 2.87. The second-order valence-electron chi connectivity index (χ2n) is 2.15. The Morgan fingerprint density at radius 3 is 2.10 bits per heavy atom. The van der Waals surface area contributed by atoms with Crippen LogP contribution in [0.4, 0.5) is 0 Å². The van der Waals surface area contributed by atoms with Crippen molar-refractivity contribution in [2.75, 3.05) is 0 Å². The summed E-state index contributed by atoms with van der Waals surface area (Å²) < 4.78 is 0. The monoisotopic (exact) mass is 141 g/mol. The summed E-state index contributed by atoms with van der Waals surface area (Å²) in [6.07, 6.45) is 4.00. The molecule has 2 heteroatoms. The standard InChI is InChI=1S/C8H6O.Na/c9-8-4-3-6-1-2-7(6)5-8;/h1-5,9H;/q;+1. The van der Waals surface area contributed by atoms with Crippen molar-refractivity contribution in [2.45, 2.75) is 0 Å². The van der Waals surface area contributed by atoms with Crippen molar-refractivity contribution in [1.82, 2.24) is 0 Å². The molecule has 0 fully saturated rings. The molecule has 1 aromatic carbocycles. The molecule has 0 aliphatic heterocycles. The number of aromatic hydroxyl groups is 1. The fourth-order valence-electron chi connectivity index (χ4n) is 0.942. The average molecular weight is 141 g/mol. The van der Waals surface area contributed by atoms with Crippen LogP contribution in [0, 0.1) is 0 Å². The summed E-state index contributed by atoms with van der Waals surface area (Å²) in [4.78, 5) is 0. The third-order valence-electron chi connectivity index (χ3n) is 1.51. The van der Waals surface area contributed by atoms with Crippen LogP contribution in [-0.2, 0) is 0 Å². The molecule has 0 saturated heterocycles. The second kappa shape index (κ2) is 2.79. The van der Waals surface area contributed by atoms with E-state index in [0.29, 0.717) is 5.75 Å². The molecule has 10 heavy (non-hydrogen) atoms. The minimum absolute atomic E-state index is 0. The zero-order valence-electron chi connectivity index (χ0n) is 5.83. The van der Waals surface area contributed by atoms with E-state index in [1.165, 1.54) is 5.56 Å². The molecule has 1 nitrogen and oxygen atoms in total. The van der Waals surface area contributed by atoms with Crippen LogP contribution in [0.25, 0.3) is 12.2 Å². The van der Waals surface area contributed by atoms with E-state index in [0.717, 1.165) is 5.56 Å². The Labute approximate surface area is 81.7 Å². The van der Waals surface area contributed by atoms with Crippen LogP contribution in [0.1, 0.15) is 11.1 Å². The smallest absolute Gasteiger partial charge is 0.508 e. The predicted octanol–water partition coefficient (Wildman–Crippen LogP) is -1.12. The number of fused-ring (bicyclic) bond motifs is 1. The van der Waals surface area contributed by atoms with Gasteiger partial charge in [0.25, 0.3) is 0 Å². The predicted molar refractivity (Wildman–Crippen MR) is 37.0 cm³/mol. The van der Waals surface area contributed by atoms with Gasteiger partial charge in [0.05, 0.1) is 0 Å². The maximum Gasteiger partial charge on any atom is 1.00 e. The largest absolute Gasteiger partial charge is 1.00 e. The summed E-state index contributed by atoms with van der Waals surface area (Å²) in [6.45, 7) is 0. The first-order chi connectivity index (χ1) is 4.36. The van der Waals surface area contributed by atoms with Crippen molar-refractivity contribution in [3.63, 3.8) is 0 Å². The van der Waals surface area contributed by atoms with Gasteiger partial charge in [-0.2, -0.15) is 0 Å². The molecule has 0 amide bonds. The summed E-state index contributed by atoms with van der Waals surface area (Å²) in [7, 11) is 0. The zero-order chi connectivity index (χ0) is 6.27. The van der Waals surface area contributed by atoms with Crippen LogP contribution in [0.3, 0.4) is 0 Å². The third-order valence-corrected chi connectivity index (χ3v) is 1.51. The topological polar surface area (TPSA) is 20.2 Å². The Hall–Kier alpha value is -0.240. The van der Waals surface area contributed by atoms with Gasteiger partial charge in [0.15, 0.2) is 0 Å². The minimum Gasteiger partial charge on any atom is -0.508 e. The van der Waals surface area contributed by atoms with Gasteiger partial charge < -0.3 is 5.11 Å². The molecule has 0 atom stereocenters. The van der Waals surface area contributed by atoms with Gasteiger partial charge >= 0.3 is 29.6 Å². The Morgan fingerprint density at radius 1 is 1.00 bits per heavy atom. The van der Waals surface area contributed by atoms with Gasteiger partial charge in [-0.3, -0.25) is 0 Å². The maximum atomic E-state index is 8.94. The fourth-order valence-corrected chi connectivity index (χ4v) is 0.942. The summed E-state index contributed by atoms with van der Waals surface area (Å²) in [5.74, 6) is 0.345. The molecule has 0 radical (unpaired) electrons. The van der Waals surface area contributed by atoms with E-state index < -0.39 is 0 Å². The Bertz CT molecular complexity index is 279. The van der Waals surface area contributed by atoms with Gasteiger partial charge in [-0.1, -0.05) is 18.2 Å². The second-order valence-corrected chi connectivity index (χ2v) is 2.15. The van der Waals surface area contributed by atoms with Crippen LogP contribution < -0.4 is 29.6 Å². The molecule has 0 spiro atoms. The van der Waals surface area contributed by atoms with Crippen LogP contribution in [0.15, 0.2) is 18.2 Å². The van der Waals surface area contributed by atoms with Gasteiger partial charge in [-0.05, 0) is 23.3 Å². The third kappa shape index (κ3) is 1.12. The van der Waals surface area contributed by atoms with E-state index in [9.17, 15) is 0 Å². The number of rotatable bonds is 0. The summed E-state index contributed by atoms with van der Waals surface area (Å²) in [5.41, 5.74) is 2.35. The first kappa shape index (κ1) is 7.86. The molecule has 1 aliphatic rings. The van der Waals surface area contributed by atoms with E-state index in [4.69, 9.17) is 5.11 Å². The molecular weight excluding hydrogens is 135 g/mol. The van der Waals surface area contributed by atoms with Crippen molar-refractivity contribution in [3.8, 4) is 5.75 Å². The number of benzene rings is 1. The maximum absolute atomic E-state index is 8.94. The Morgan fingerprint density at radius 2 is 1.70 bits per heavy atom. The van der Waals surface area contributed by atoms with Crippen molar-refractivity contribution in [3.05, 3.63) is 29.3 Å². The summed E-state index contributed by atoms with van der Waals surface area (Å²) in [5, 5.41) is 8.94. The normalized spacial score (nSPS) is 11.2. The van der Waals surface area contributed by atoms with Crippen LogP contribution in [0.5, 0.6) is 5.75 Å². The minimum atomic E-state index is 0. The SMILES string of the molecule is Oc1ccc2c(c1)C=C2.[Na+]. The number of hydrogen-bond donors (Lipinski definition) is 1. The molecule has 2 rings (SSSR count). The molecule has 0 unspecified atom stereocenters. The van der Waals surface area contributed by atoms with Gasteiger partial charge in [-0.15, -0.1) is 0 Å². The van der Waals surface area contributed by atoms with Crippen molar-refractivity contribution >= 4 is 12.2 Å². The quantitative estimate of drug-likeness (QED) is 0.461. The van der Waals surface area contributed by atoms with Crippen molar-refractivity contribution in [1.29, 1.82) is 0 Å². The van der Waals surface area contributed by atoms with E-state index >= 15 is 0 Å². The molecule has 0 saturated carbocycles. The zero-order valence-corrected chi connectivity index (χ0v) is 7.83. The molecule has 1 N–H and O–H groups in total. The summed E-state index contributed by atoms with van der Waals surface area (Å²) >= 11 is 0. The number of phenolic OH excluding ortho intramolecular Hbond substituents is 1. The molecule has 1 aliphatic carbocycles. The van der Waals surface area contributed by atoms with Gasteiger partial charge in [0.2, 0.25) is 0 Å². The van der Waals surface area contributed by atoms with Crippen molar-refractivity contribution < 1.29 is 34.7 Å². The summed E-state index contributed by atoms with van der Waals surface area (Å²) in [6, 6.07) is 5.36. The van der Waals surface area contributed by atoms with E-state index in [2.05, 4.69) is 0 Å². The van der Waals surface area contributed by atoms with Gasteiger partial charge in [0, 0.05) is 0 Å². The number of phenols is 1. The average Bonchev–Trinajstić information content (AvgIpc) is 1.78. The van der Waals surface area contributed by atoms with Crippen molar-refractivity contribution in [2.24, 2.45) is 0 Å². The van der Waals surface area contributed by atoms with Crippen LogP contribution in [0.2, 0.25) is 0 Å². The Balaban J connectivity index is 0.000000500. The molecule has 0 bridgehead atoms. The van der Waals surface area contributed by atoms with Crippen LogP contribution >= 0.6 is 0 Å². The molecule has 1 aromatic rings. The first-order valence-corrected chi connectivity index (χ1v) is 2.87. The van der Waals surface area contributed by atoms with E-state index in [1.807, 2.05) is 18.2 Å². The molecule has 0 aromatic heterocycles. The van der Waals surface area contributed by atoms with E-state index in [1.54, 1.807) is 12.1 Å². The Kier molecular flexibility index (Phi) is 2.19. The molecule has 44 valence electrons. The van der Waals surface area contributed by atoms with Gasteiger partial charge in [0.1, 0.15) is 5.75 Å². The van der Waals surface area contributed by atoms with Crippen LogP contribution in [-0.4, -0.2) is 5.11 Å². The molecular formula is C8H6NaO+. The molecule has 0 heterocycles.